The molecule has 1 aliphatic rings. The van der Waals surface area contributed by atoms with Crippen molar-refractivity contribution < 1.29 is 9.90 Å². The van der Waals surface area contributed by atoms with E-state index in [1.54, 1.807) is 6.07 Å². The van der Waals surface area contributed by atoms with Crippen molar-refractivity contribution in [3.63, 3.8) is 0 Å². The summed E-state index contributed by atoms with van der Waals surface area (Å²) in [6, 6.07) is 5.72. The number of hydrogen-bond donors (Lipinski definition) is 2. The molecule has 0 aromatic heterocycles. The quantitative estimate of drug-likeness (QED) is 0.758. The largest absolute Gasteiger partial charge is 0.395 e. The Morgan fingerprint density at radius 2 is 2.23 bits per heavy atom. The number of likely N-dealkylation sites (tertiary alicyclic amines) is 1. The molecule has 1 aromatic rings. The standard InChI is InChI=1S/C17H25ClN2O2/c1-13-9-14(11-15(18)10-13)17(22)19-6-2-3-7-20-8-4-5-16(20)12-21/h9-11,16,21H,2-8,12H2,1H3,(H,19,22). The van der Waals surface area contributed by atoms with Gasteiger partial charge in [-0.15, -0.1) is 0 Å². The van der Waals surface area contributed by atoms with Crippen LogP contribution in [0.15, 0.2) is 18.2 Å². The summed E-state index contributed by atoms with van der Waals surface area (Å²) >= 11 is 5.97. The van der Waals surface area contributed by atoms with Crippen molar-refractivity contribution in [3.8, 4) is 0 Å². The molecule has 1 heterocycles. The van der Waals surface area contributed by atoms with Gasteiger partial charge in [-0.1, -0.05) is 11.6 Å². The number of aryl methyl sites for hydroxylation is 1. The maximum absolute atomic E-state index is 12.1. The van der Waals surface area contributed by atoms with E-state index in [1.165, 1.54) is 6.42 Å². The van der Waals surface area contributed by atoms with Gasteiger partial charge in [-0.05, 0) is 69.5 Å². The van der Waals surface area contributed by atoms with Gasteiger partial charge >= 0.3 is 0 Å². The highest BCUT2D eigenvalue weighted by Crippen LogP contribution is 2.17. The van der Waals surface area contributed by atoms with Gasteiger partial charge in [0.2, 0.25) is 0 Å². The van der Waals surface area contributed by atoms with Crippen molar-refractivity contribution >= 4 is 17.5 Å². The molecule has 0 bridgehead atoms. The third kappa shape index (κ3) is 4.97. The highest BCUT2D eigenvalue weighted by molar-refractivity contribution is 6.31. The first kappa shape index (κ1) is 17.3. The van der Waals surface area contributed by atoms with Crippen LogP contribution in [0.3, 0.4) is 0 Å². The van der Waals surface area contributed by atoms with Gasteiger partial charge < -0.3 is 10.4 Å². The lowest BCUT2D eigenvalue weighted by Crippen LogP contribution is -2.33. The highest BCUT2D eigenvalue weighted by atomic mass is 35.5. The maximum Gasteiger partial charge on any atom is 0.251 e. The zero-order chi connectivity index (χ0) is 15.9. The van der Waals surface area contributed by atoms with E-state index in [-0.39, 0.29) is 12.5 Å². The smallest absolute Gasteiger partial charge is 0.251 e. The summed E-state index contributed by atoms with van der Waals surface area (Å²) in [5, 5.41) is 12.8. The van der Waals surface area contributed by atoms with Crippen molar-refractivity contribution in [2.45, 2.75) is 38.6 Å². The highest BCUT2D eigenvalue weighted by Gasteiger charge is 2.22. The molecule has 1 saturated heterocycles. The first-order valence-corrected chi connectivity index (χ1v) is 8.38. The van der Waals surface area contributed by atoms with E-state index in [0.29, 0.717) is 23.2 Å². The molecule has 1 aliphatic heterocycles. The van der Waals surface area contributed by atoms with E-state index >= 15 is 0 Å². The molecule has 22 heavy (non-hydrogen) atoms. The third-order valence-corrected chi connectivity index (χ3v) is 4.39. The monoisotopic (exact) mass is 324 g/mol. The molecule has 122 valence electrons. The predicted molar refractivity (Wildman–Crippen MR) is 89.4 cm³/mol. The second kappa shape index (κ2) is 8.51. The summed E-state index contributed by atoms with van der Waals surface area (Å²) in [5.41, 5.74) is 1.60. The molecule has 1 fully saturated rings. The van der Waals surface area contributed by atoms with Crippen molar-refractivity contribution in [3.05, 3.63) is 34.3 Å². The number of unbranched alkanes of at least 4 members (excludes halogenated alkanes) is 1. The van der Waals surface area contributed by atoms with Crippen LogP contribution in [0, 0.1) is 6.92 Å². The fourth-order valence-corrected chi connectivity index (χ4v) is 3.30. The number of benzene rings is 1. The fraction of sp³-hybridized carbons (Fsp3) is 0.588. The molecular weight excluding hydrogens is 300 g/mol. The fourth-order valence-electron chi connectivity index (χ4n) is 3.01. The molecule has 0 radical (unpaired) electrons. The van der Waals surface area contributed by atoms with Crippen LogP contribution in [0.4, 0.5) is 0 Å². The lowest BCUT2D eigenvalue weighted by molar-refractivity contribution is 0.0952. The number of hydrogen-bond acceptors (Lipinski definition) is 3. The Labute approximate surface area is 137 Å². The Morgan fingerprint density at radius 3 is 2.95 bits per heavy atom. The molecule has 1 unspecified atom stereocenters. The van der Waals surface area contributed by atoms with E-state index < -0.39 is 0 Å². The molecule has 4 nitrogen and oxygen atoms in total. The van der Waals surface area contributed by atoms with Crippen LogP contribution < -0.4 is 5.32 Å². The molecule has 0 aliphatic carbocycles. The lowest BCUT2D eigenvalue weighted by atomic mass is 10.1. The van der Waals surface area contributed by atoms with E-state index in [2.05, 4.69) is 10.2 Å². The van der Waals surface area contributed by atoms with Crippen molar-refractivity contribution in [2.24, 2.45) is 0 Å². The van der Waals surface area contributed by atoms with Gasteiger partial charge in [-0.2, -0.15) is 0 Å². The molecule has 1 aromatic carbocycles. The number of rotatable bonds is 7. The number of nitrogens with zero attached hydrogens (tertiary/aromatic N) is 1. The first-order chi connectivity index (χ1) is 10.6. The Hall–Kier alpha value is -1.10. The molecule has 0 spiro atoms. The van der Waals surface area contributed by atoms with Crippen molar-refractivity contribution in [1.82, 2.24) is 10.2 Å². The van der Waals surface area contributed by atoms with Gasteiger partial charge in [0.05, 0.1) is 6.61 Å². The Balaban J connectivity index is 1.67. The maximum atomic E-state index is 12.1. The molecule has 2 N–H and O–H groups in total. The van der Waals surface area contributed by atoms with Gasteiger partial charge in [-0.25, -0.2) is 0 Å². The van der Waals surface area contributed by atoms with Crippen molar-refractivity contribution in [2.75, 3.05) is 26.2 Å². The molecule has 1 atom stereocenters. The second-order valence-corrected chi connectivity index (χ2v) is 6.43. The van der Waals surface area contributed by atoms with E-state index in [1.807, 2.05) is 19.1 Å². The van der Waals surface area contributed by atoms with E-state index in [0.717, 1.165) is 37.9 Å². The average Bonchev–Trinajstić information content (AvgIpc) is 2.93. The van der Waals surface area contributed by atoms with Crippen LogP contribution in [-0.4, -0.2) is 48.2 Å². The van der Waals surface area contributed by atoms with Crippen molar-refractivity contribution in [1.29, 1.82) is 0 Å². The SMILES string of the molecule is Cc1cc(Cl)cc(C(=O)NCCCCN2CCCC2CO)c1. The van der Waals surface area contributed by atoms with Crippen LogP contribution >= 0.6 is 11.6 Å². The average molecular weight is 325 g/mol. The molecule has 0 saturated carbocycles. The van der Waals surface area contributed by atoms with E-state index in [9.17, 15) is 9.90 Å². The Bertz CT molecular complexity index is 487. The topological polar surface area (TPSA) is 52.6 Å². The van der Waals surface area contributed by atoms with Gasteiger partial charge in [0.25, 0.3) is 5.91 Å². The Kier molecular flexibility index (Phi) is 6.68. The summed E-state index contributed by atoms with van der Waals surface area (Å²) < 4.78 is 0. The van der Waals surface area contributed by atoms with E-state index in [4.69, 9.17) is 11.6 Å². The number of carbonyl (C=O) groups is 1. The van der Waals surface area contributed by atoms with Crippen LogP contribution in [0.2, 0.25) is 5.02 Å². The van der Waals surface area contributed by atoms with Crippen LogP contribution in [0.1, 0.15) is 41.6 Å². The van der Waals surface area contributed by atoms with Crippen LogP contribution in [0.5, 0.6) is 0 Å². The summed E-state index contributed by atoms with van der Waals surface area (Å²) in [5.74, 6) is -0.0694. The first-order valence-electron chi connectivity index (χ1n) is 8.00. The number of carbonyl (C=O) groups excluding carboxylic acids is 1. The second-order valence-electron chi connectivity index (χ2n) is 5.99. The van der Waals surface area contributed by atoms with Crippen LogP contribution in [-0.2, 0) is 0 Å². The normalized spacial score (nSPS) is 18.6. The minimum absolute atomic E-state index is 0.0694. The van der Waals surface area contributed by atoms with Gasteiger partial charge in [0, 0.05) is 23.2 Å². The molecule has 1 amide bonds. The zero-order valence-electron chi connectivity index (χ0n) is 13.1. The predicted octanol–water partition coefficient (Wildman–Crippen LogP) is 2.62. The van der Waals surface area contributed by atoms with Gasteiger partial charge in [0.1, 0.15) is 0 Å². The number of aliphatic hydroxyl groups excluding tert-OH is 1. The molecule has 2 rings (SSSR count). The van der Waals surface area contributed by atoms with Crippen LogP contribution in [0.25, 0.3) is 0 Å². The zero-order valence-corrected chi connectivity index (χ0v) is 13.9. The summed E-state index contributed by atoms with van der Waals surface area (Å²) in [6.07, 6.45) is 4.25. The molecule has 5 heteroatoms. The summed E-state index contributed by atoms with van der Waals surface area (Å²) in [7, 11) is 0. The summed E-state index contributed by atoms with van der Waals surface area (Å²) in [6.45, 7) is 4.93. The minimum Gasteiger partial charge on any atom is -0.395 e. The summed E-state index contributed by atoms with van der Waals surface area (Å²) in [4.78, 5) is 14.4. The number of halogens is 1. The lowest BCUT2D eigenvalue weighted by Gasteiger charge is -2.22. The van der Waals surface area contributed by atoms with Gasteiger partial charge in [-0.3, -0.25) is 9.69 Å². The molecular formula is C17H25ClN2O2. The van der Waals surface area contributed by atoms with Gasteiger partial charge in [0.15, 0.2) is 0 Å². The minimum atomic E-state index is -0.0694. The number of nitrogens with one attached hydrogen (secondary N) is 1. The number of aliphatic hydroxyl groups is 1. The number of amides is 1. The third-order valence-electron chi connectivity index (χ3n) is 4.17. The Morgan fingerprint density at radius 1 is 1.41 bits per heavy atom.